The third-order valence-corrected chi connectivity index (χ3v) is 4.01. The molecule has 0 spiro atoms. The maximum Gasteiger partial charge on any atom is 0.221 e. The van der Waals surface area contributed by atoms with E-state index in [0.29, 0.717) is 34.7 Å². The first-order chi connectivity index (χ1) is 11.6. The molecule has 134 valence electrons. The quantitative estimate of drug-likeness (QED) is 0.804. The summed E-state index contributed by atoms with van der Waals surface area (Å²) in [6, 6.07) is 8.63. The molecular weight excluding hydrogens is 319 g/mol. The van der Waals surface area contributed by atoms with Crippen molar-refractivity contribution in [3.05, 3.63) is 47.3 Å². The molecule has 0 fully saturated rings. The number of nitrogens with two attached hydrogens (primary N) is 1. The second-order valence-electron chi connectivity index (χ2n) is 7.12. The van der Waals surface area contributed by atoms with Gasteiger partial charge in [-0.15, -0.1) is 0 Å². The number of carbonyl (C=O) groups is 1. The summed E-state index contributed by atoms with van der Waals surface area (Å²) in [7, 11) is 1.58. The van der Waals surface area contributed by atoms with Gasteiger partial charge in [0.2, 0.25) is 5.91 Å². The van der Waals surface area contributed by atoms with Crippen molar-refractivity contribution in [1.29, 1.82) is 0 Å². The predicted molar refractivity (Wildman–Crippen MR) is 100.0 cm³/mol. The van der Waals surface area contributed by atoms with Crippen LogP contribution in [0.4, 0.5) is 15.8 Å². The molecule has 5 heteroatoms. The van der Waals surface area contributed by atoms with E-state index in [1.165, 1.54) is 13.0 Å². The highest BCUT2D eigenvalue weighted by atomic mass is 19.1. The fourth-order valence-electron chi connectivity index (χ4n) is 2.83. The number of methoxy groups -OCH3 is 1. The molecule has 0 radical (unpaired) electrons. The molecule has 2 aromatic rings. The summed E-state index contributed by atoms with van der Waals surface area (Å²) in [6.45, 7) is 7.64. The van der Waals surface area contributed by atoms with Crippen molar-refractivity contribution in [2.75, 3.05) is 18.2 Å². The number of benzene rings is 2. The lowest BCUT2D eigenvalue weighted by atomic mass is 9.85. The first-order valence-corrected chi connectivity index (χ1v) is 8.13. The molecule has 0 saturated carbocycles. The Bertz CT molecular complexity index is 795. The maximum atomic E-state index is 14.7. The zero-order valence-corrected chi connectivity index (χ0v) is 15.4. The Kier molecular flexibility index (Phi) is 5.48. The molecule has 0 aliphatic carbocycles. The van der Waals surface area contributed by atoms with Gasteiger partial charge in [-0.05, 0) is 28.7 Å². The molecule has 25 heavy (non-hydrogen) atoms. The minimum atomic E-state index is -0.299. The second-order valence-corrected chi connectivity index (χ2v) is 7.12. The Morgan fingerprint density at radius 3 is 2.44 bits per heavy atom. The minimum absolute atomic E-state index is 0.216. The van der Waals surface area contributed by atoms with Crippen LogP contribution in [0.3, 0.4) is 0 Å². The van der Waals surface area contributed by atoms with Crippen molar-refractivity contribution in [1.82, 2.24) is 0 Å². The average Bonchev–Trinajstić information content (AvgIpc) is 2.48. The van der Waals surface area contributed by atoms with Gasteiger partial charge in [-0.25, -0.2) is 4.39 Å². The number of anilines is 2. The summed E-state index contributed by atoms with van der Waals surface area (Å²) in [4.78, 5) is 11.5. The van der Waals surface area contributed by atoms with Crippen LogP contribution in [-0.4, -0.2) is 13.0 Å². The number of hydrogen-bond donors (Lipinski definition) is 2. The summed E-state index contributed by atoms with van der Waals surface area (Å²) >= 11 is 0. The Morgan fingerprint density at radius 1 is 1.24 bits per heavy atom. The number of carbonyl (C=O) groups excluding carboxylic acids is 1. The smallest absolute Gasteiger partial charge is 0.221 e. The van der Waals surface area contributed by atoms with E-state index >= 15 is 0 Å². The van der Waals surface area contributed by atoms with Gasteiger partial charge in [0.1, 0.15) is 5.82 Å². The van der Waals surface area contributed by atoms with Crippen molar-refractivity contribution >= 4 is 17.3 Å². The Labute approximate surface area is 148 Å². The van der Waals surface area contributed by atoms with Crippen LogP contribution in [0.1, 0.15) is 38.8 Å². The first kappa shape index (κ1) is 18.9. The van der Waals surface area contributed by atoms with E-state index in [2.05, 4.69) is 5.32 Å². The van der Waals surface area contributed by atoms with Gasteiger partial charge in [0.25, 0.3) is 0 Å². The van der Waals surface area contributed by atoms with E-state index in [9.17, 15) is 9.18 Å². The lowest BCUT2D eigenvalue weighted by Gasteiger charge is -2.21. The maximum absolute atomic E-state index is 14.7. The molecule has 0 atom stereocenters. The fraction of sp³-hybridized carbons (Fsp3) is 0.350. The van der Waals surface area contributed by atoms with Gasteiger partial charge in [-0.3, -0.25) is 4.79 Å². The van der Waals surface area contributed by atoms with Crippen LogP contribution in [-0.2, 0) is 21.6 Å². The number of amides is 1. The molecule has 0 aliphatic rings. The van der Waals surface area contributed by atoms with E-state index in [0.717, 1.165) is 5.56 Å². The molecule has 2 aromatic carbocycles. The highest BCUT2D eigenvalue weighted by molar-refractivity contribution is 5.98. The van der Waals surface area contributed by atoms with Gasteiger partial charge in [-0.1, -0.05) is 39.0 Å². The van der Waals surface area contributed by atoms with Crippen molar-refractivity contribution in [3.63, 3.8) is 0 Å². The monoisotopic (exact) mass is 344 g/mol. The van der Waals surface area contributed by atoms with Crippen LogP contribution < -0.4 is 11.1 Å². The van der Waals surface area contributed by atoms with Gasteiger partial charge >= 0.3 is 0 Å². The summed E-state index contributed by atoms with van der Waals surface area (Å²) in [5.74, 6) is -0.512. The second kappa shape index (κ2) is 7.23. The minimum Gasteiger partial charge on any atom is -0.398 e. The van der Waals surface area contributed by atoms with Gasteiger partial charge in [0.05, 0.1) is 12.3 Å². The topological polar surface area (TPSA) is 64.3 Å². The van der Waals surface area contributed by atoms with E-state index in [1.54, 1.807) is 25.3 Å². The number of nitrogen functional groups attached to an aromatic ring is 1. The van der Waals surface area contributed by atoms with Crippen LogP contribution in [0.15, 0.2) is 30.3 Å². The van der Waals surface area contributed by atoms with E-state index in [-0.39, 0.29) is 17.1 Å². The SMILES string of the molecule is COCc1ccc(NC(C)=O)c(-c2ccc(C(C)(C)C)c(F)c2)c1N. The van der Waals surface area contributed by atoms with Gasteiger partial charge < -0.3 is 15.8 Å². The molecule has 1 amide bonds. The molecular formula is C20H25FN2O2. The summed E-state index contributed by atoms with van der Waals surface area (Å²) in [5.41, 5.74) is 9.65. The summed E-state index contributed by atoms with van der Waals surface area (Å²) < 4.78 is 19.8. The molecule has 0 bridgehead atoms. The number of halogens is 1. The molecule has 3 N–H and O–H groups in total. The molecule has 0 aliphatic heterocycles. The van der Waals surface area contributed by atoms with Gasteiger partial charge in [0.15, 0.2) is 0 Å². The van der Waals surface area contributed by atoms with Crippen LogP contribution in [0.25, 0.3) is 11.1 Å². The third kappa shape index (κ3) is 4.17. The van der Waals surface area contributed by atoms with Crippen molar-refractivity contribution in [3.8, 4) is 11.1 Å². The van der Waals surface area contributed by atoms with E-state index in [1.807, 2.05) is 26.8 Å². The largest absolute Gasteiger partial charge is 0.398 e. The van der Waals surface area contributed by atoms with Crippen LogP contribution in [0.5, 0.6) is 0 Å². The fourth-order valence-corrected chi connectivity index (χ4v) is 2.83. The van der Waals surface area contributed by atoms with E-state index in [4.69, 9.17) is 10.5 Å². The summed E-state index contributed by atoms with van der Waals surface area (Å²) in [5, 5.41) is 2.76. The molecule has 0 unspecified atom stereocenters. The molecule has 0 heterocycles. The van der Waals surface area contributed by atoms with Gasteiger partial charge in [0, 0.05) is 30.8 Å². The molecule has 0 aromatic heterocycles. The van der Waals surface area contributed by atoms with Crippen LogP contribution >= 0.6 is 0 Å². The number of hydrogen-bond acceptors (Lipinski definition) is 3. The molecule has 0 saturated heterocycles. The van der Waals surface area contributed by atoms with E-state index < -0.39 is 0 Å². The van der Waals surface area contributed by atoms with Crippen LogP contribution in [0, 0.1) is 5.82 Å². The Balaban J connectivity index is 2.65. The van der Waals surface area contributed by atoms with Crippen LogP contribution in [0.2, 0.25) is 0 Å². The molecule has 4 nitrogen and oxygen atoms in total. The number of rotatable bonds is 4. The normalized spacial score (nSPS) is 11.4. The van der Waals surface area contributed by atoms with Crippen molar-refractivity contribution in [2.45, 2.75) is 39.7 Å². The zero-order chi connectivity index (χ0) is 18.8. The lowest BCUT2D eigenvalue weighted by molar-refractivity contribution is -0.114. The zero-order valence-electron chi connectivity index (χ0n) is 15.4. The standard InChI is InChI=1S/C20H25FN2O2/c1-12(24)23-17-9-7-14(11-25-5)19(22)18(17)13-6-8-15(16(21)10-13)20(2,3)4/h6-10H,11,22H2,1-5H3,(H,23,24). The van der Waals surface area contributed by atoms with Gasteiger partial charge in [-0.2, -0.15) is 0 Å². The Hall–Kier alpha value is -2.40. The van der Waals surface area contributed by atoms with Crippen molar-refractivity contribution in [2.24, 2.45) is 0 Å². The molecule has 2 rings (SSSR count). The average molecular weight is 344 g/mol. The highest BCUT2D eigenvalue weighted by Gasteiger charge is 2.20. The highest BCUT2D eigenvalue weighted by Crippen LogP contribution is 2.38. The predicted octanol–water partition coefficient (Wildman–Crippen LogP) is 4.48. The summed E-state index contributed by atoms with van der Waals surface area (Å²) in [6.07, 6.45) is 0. The number of nitrogens with one attached hydrogen (secondary N) is 1. The lowest BCUT2D eigenvalue weighted by Crippen LogP contribution is -2.14. The third-order valence-electron chi connectivity index (χ3n) is 4.01. The number of ether oxygens (including phenoxy) is 1. The first-order valence-electron chi connectivity index (χ1n) is 8.13. The Morgan fingerprint density at radius 2 is 1.92 bits per heavy atom. The van der Waals surface area contributed by atoms with Crippen molar-refractivity contribution < 1.29 is 13.9 Å².